The fourth-order valence-corrected chi connectivity index (χ4v) is 2.56. The van der Waals surface area contributed by atoms with Crippen molar-refractivity contribution >= 4 is 28.9 Å². The number of carbonyl (C=O) groups excluding carboxylic acids is 1. The second kappa shape index (κ2) is 7.79. The maximum Gasteiger partial charge on any atom is 0.289 e. The Labute approximate surface area is 159 Å². The minimum Gasteiger partial charge on any atom is -0.272 e. The quantitative estimate of drug-likeness (QED) is 0.396. The van der Waals surface area contributed by atoms with E-state index >= 15 is 0 Å². The summed E-state index contributed by atoms with van der Waals surface area (Å²) in [5.74, 6) is -0.470. The van der Waals surface area contributed by atoms with E-state index < -0.39 is 10.8 Å². The molecular weight excluding hydrogens is 370 g/mol. The SMILES string of the molecule is C/C(=N\NC(=O)c1cc(-c2ccccc2Cl)n[nH]1)c1ccc([N+](=O)[O-])cc1. The summed E-state index contributed by atoms with van der Waals surface area (Å²) in [6.45, 7) is 1.68. The van der Waals surface area contributed by atoms with Crippen LogP contribution in [0.4, 0.5) is 5.69 Å². The van der Waals surface area contributed by atoms with Gasteiger partial charge >= 0.3 is 0 Å². The van der Waals surface area contributed by atoms with Crippen molar-refractivity contribution in [3.8, 4) is 11.3 Å². The average molecular weight is 384 g/mol. The summed E-state index contributed by atoms with van der Waals surface area (Å²) in [4.78, 5) is 22.4. The van der Waals surface area contributed by atoms with Gasteiger partial charge in [0.25, 0.3) is 11.6 Å². The zero-order valence-corrected chi connectivity index (χ0v) is 14.9. The van der Waals surface area contributed by atoms with Crippen molar-refractivity contribution in [2.75, 3.05) is 0 Å². The number of hydrazone groups is 1. The number of hydrogen-bond donors (Lipinski definition) is 2. The predicted octanol–water partition coefficient (Wildman–Crippen LogP) is 3.79. The molecule has 0 spiro atoms. The summed E-state index contributed by atoms with van der Waals surface area (Å²) in [6, 6.07) is 14.6. The second-order valence-corrected chi connectivity index (χ2v) is 6.00. The smallest absolute Gasteiger partial charge is 0.272 e. The molecule has 27 heavy (non-hydrogen) atoms. The standard InChI is InChI=1S/C18H14ClN5O3/c1-11(12-6-8-13(9-7-12)24(26)27)20-23-18(25)17-10-16(21-22-17)14-4-2-3-5-15(14)19/h2-10H,1H3,(H,21,22)(H,23,25)/b20-11+. The van der Waals surface area contributed by atoms with Crippen LogP contribution in [0.25, 0.3) is 11.3 Å². The van der Waals surface area contributed by atoms with Gasteiger partial charge in [0.1, 0.15) is 5.69 Å². The van der Waals surface area contributed by atoms with Crippen molar-refractivity contribution in [1.29, 1.82) is 0 Å². The van der Waals surface area contributed by atoms with Crippen LogP contribution in [0, 0.1) is 10.1 Å². The van der Waals surface area contributed by atoms with Crippen LogP contribution in [0.3, 0.4) is 0 Å². The average Bonchev–Trinajstić information content (AvgIpc) is 3.16. The first-order chi connectivity index (χ1) is 13.0. The van der Waals surface area contributed by atoms with Crippen molar-refractivity contribution < 1.29 is 9.72 Å². The van der Waals surface area contributed by atoms with Crippen molar-refractivity contribution in [3.63, 3.8) is 0 Å². The molecule has 0 aliphatic carbocycles. The fourth-order valence-electron chi connectivity index (χ4n) is 2.33. The Morgan fingerprint density at radius 2 is 1.93 bits per heavy atom. The molecule has 136 valence electrons. The van der Waals surface area contributed by atoms with Crippen molar-refractivity contribution in [1.82, 2.24) is 15.6 Å². The van der Waals surface area contributed by atoms with Crippen molar-refractivity contribution in [2.24, 2.45) is 5.10 Å². The Kier molecular flexibility index (Phi) is 5.28. The number of hydrogen-bond acceptors (Lipinski definition) is 5. The monoisotopic (exact) mass is 383 g/mol. The molecule has 0 unspecified atom stereocenters. The normalized spacial score (nSPS) is 11.3. The van der Waals surface area contributed by atoms with Gasteiger partial charge in [-0.2, -0.15) is 10.2 Å². The Bertz CT molecular complexity index is 1030. The lowest BCUT2D eigenvalue weighted by Gasteiger charge is -2.01. The van der Waals surface area contributed by atoms with Crippen LogP contribution in [0.1, 0.15) is 23.0 Å². The van der Waals surface area contributed by atoms with Gasteiger partial charge in [-0.05, 0) is 36.8 Å². The molecule has 1 heterocycles. The summed E-state index contributed by atoms with van der Waals surface area (Å²) in [5.41, 5.74) is 5.05. The van der Waals surface area contributed by atoms with E-state index in [1.807, 2.05) is 12.1 Å². The fraction of sp³-hybridized carbons (Fsp3) is 0.0556. The number of amides is 1. The highest BCUT2D eigenvalue weighted by Gasteiger charge is 2.12. The summed E-state index contributed by atoms with van der Waals surface area (Å²) in [7, 11) is 0. The van der Waals surface area contributed by atoms with Gasteiger partial charge in [-0.15, -0.1) is 0 Å². The molecule has 1 amide bonds. The van der Waals surface area contributed by atoms with E-state index in [2.05, 4.69) is 20.7 Å². The summed E-state index contributed by atoms with van der Waals surface area (Å²) >= 11 is 6.13. The van der Waals surface area contributed by atoms with Gasteiger partial charge in [-0.3, -0.25) is 20.0 Å². The zero-order valence-electron chi connectivity index (χ0n) is 14.1. The van der Waals surface area contributed by atoms with Crippen LogP contribution in [0.2, 0.25) is 5.02 Å². The molecule has 0 bridgehead atoms. The van der Waals surface area contributed by atoms with E-state index in [4.69, 9.17) is 11.6 Å². The molecule has 0 aliphatic rings. The van der Waals surface area contributed by atoms with Gasteiger partial charge in [0, 0.05) is 17.7 Å². The number of nitrogens with zero attached hydrogens (tertiary/aromatic N) is 3. The van der Waals surface area contributed by atoms with Crippen LogP contribution < -0.4 is 5.43 Å². The molecular formula is C18H14ClN5O3. The molecule has 3 rings (SSSR count). The van der Waals surface area contributed by atoms with Crippen LogP contribution in [-0.2, 0) is 0 Å². The second-order valence-electron chi connectivity index (χ2n) is 5.59. The minimum absolute atomic E-state index is 0.0138. The number of nitrogens with one attached hydrogen (secondary N) is 2. The van der Waals surface area contributed by atoms with Gasteiger partial charge in [0.15, 0.2) is 0 Å². The minimum atomic E-state index is -0.479. The van der Waals surface area contributed by atoms with Gasteiger partial charge in [0.2, 0.25) is 0 Å². The molecule has 2 aromatic carbocycles. The van der Waals surface area contributed by atoms with Crippen LogP contribution in [0.15, 0.2) is 59.7 Å². The number of nitro benzene ring substituents is 1. The molecule has 2 N–H and O–H groups in total. The Balaban J connectivity index is 1.71. The van der Waals surface area contributed by atoms with Crippen molar-refractivity contribution in [2.45, 2.75) is 6.92 Å². The maximum atomic E-state index is 12.2. The van der Waals surface area contributed by atoms with Gasteiger partial charge in [-0.1, -0.05) is 29.8 Å². The Morgan fingerprint density at radius 1 is 1.22 bits per heavy atom. The first-order valence-electron chi connectivity index (χ1n) is 7.85. The molecule has 0 atom stereocenters. The number of benzene rings is 2. The molecule has 0 aliphatic heterocycles. The molecule has 1 aromatic heterocycles. The van der Waals surface area contributed by atoms with E-state index in [0.717, 1.165) is 0 Å². The predicted molar refractivity (Wildman–Crippen MR) is 102 cm³/mol. The Morgan fingerprint density at radius 3 is 2.59 bits per heavy atom. The summed E-state index contributed by atoms with van der Waals surface area (Å²) in [6.07, 6.45) is 0. The molecule has 3 aromatic rings. The van der Waals surface area contributed by atoms with Crippen LogP contribution in [0.5, 0.6) is 0 Å². The number of H-pyrrole nitrogens is 1. The lowest BCUT2D eigenvalue weighted by atomic mass is 10.1. The topological polar surface area (TPSA) is 113 Å². The molecule has 0 fully saturated rings. The molecule has 8 nitrogen and oxygen atoms in total. The highest BCUT2D eigenvalue weighted by molar-refractivity contribution is 6.33. The highest BCUT2D eigenvalue weighted by atomic mass is 35.5. The van der Waals surface area contributed by atoms with E-state index in [1.165, 1.54) is 12.1 Å². The number of nitro groups is 1. The third-order valence-electron chi connectivity index (χ3n) is 3.79. The highest BCUT2D eigenvalue weighted by Crippen LogP contribution is 2.26. The van der Waals surface area contributed by atoms with Crippen LogP contribution >= 0.6 is 11.6 Å². The third-order valence-corrected chi connectivity index (χ3v) is 4.12. The van der Waals surface area contributed by atoms with Crippen LogP contribution in [-0.4, -0.2) is 26.7 Å². The zero-order chi connectivity index (χ0) is 19.4. The number of halogens is 1. The maximum absolute atomic E-state index is 12.2. The summed E-state index contributed by atoms with van der Waals surface area (Å²) in [5, 5.41) is 22.0. The number of non-ortho nitro benzene ring substituents is 1. The summed E-state index contributed by atoms with van der Waals surface area (Å²) < 4.78 is 0. The molecule has 0 radical (unpaired) electrons. The van der Waals surface area contributed by atoms with Gasteiger partial charge in [-0.25, -0.2) is 5.43 Å². The van der Waals surface area contributed by atoms with E-state index in [0.29, 0.717) is 27.6 Å². The van der Waals surface area contributed by atoms with Gasteiger partial charge in [0.05, 0.1) is 21.4 Å². The first-order valence-corrected chi connectivity index (χ1v) is 8.23. The Hall–Kier alpha value is -3.52. The number of rotatable bonds is 5. The number of aromatic amines is 1. The number of aromatic nitrogens is 2. The van der Waals surface area contributed by atoms with Crippen molar-refractivity contribution in [3.05, 3.63) is 81.0 Å². The lowest BCUT2D eigenvalue weighted by molar-refractivity contribution is -0.384. The van der Waals surface area contributed by atoms with Gasteiger partial charge < -0.3 is 0 Å². The number of carbonyl (C=O) groups is 1. The third kappa shape index (κ3) is 4.18. The first kappa shape index (κ1) is 18.3. The molecule has 9 heteroatoms. The lowest BCUT2D eigenvalue weighted by Crippen LogP contribution is -2.19. The largest absolute Gasteiger partial charge is 0.289 e. The molecule has 0 saturated heterocycles. The van der Waals surface area contributed by atoms with E-state index in [-0.39, 0.29) is 11.4 Å². The van der Waals surface area contributed by atoms with E-state index in [9.17, 15) is 14.9 Å². The van der Waals surface area contributed by atoms with E-state index in [1.54, 1.807) is 37.3 Å². The molecule has 0 saturated carbocycles.